The number of esters is 1. The highest BCUT2D eigenvalue weighted by Gasteiger charge is 2.17. The van der Waals surface area contributed by atoms with Gasteiger partial charge in [-0.3, -0.25) is 9.47 Å². The molecule has 2 rings (SSSR count). The van der Waals surface area contributed by atoms with Crippen molar-refractivity contribution in [2.75, 3.05) is 19.2 Å². The number of methoxy groups -OCH3 is 2. The molecule has 0 bridgehead atoms. The second kappa shape index (κ2) is 8.40. The lowest BCUT2D eigenvalue weighted by atomic mass is 10.1. The topological polar surface area (TPSA) is 60.8 Å². The molecule has 0 N–H and O–H groups in total. The standard InChI is InChI=1S/C19H23BrN2O4/c1-12(2)22(10-14-8-13(3)18(25-4)9-16(14)20)21-7-6-17(23)15(11-21)19(24)26-5/h6-9,11-12H,10H2,1-5H3. The number of aromatic nitrogens is 1. The summed E-state index contributed by atoms with van der Waals surface area (Å²) in [4.78, 5) is 23.8. The van der Waals surface area contributed by atoms with Crippen LogP contribution in [0.25, 0.3) is 0 Å². The number of pyridine rings is 1. The van der Waals surface area contributed by atoms with E-state index in [9.17, 15) is 9.59 Å². The van der Waals surface area contributed by atoms with Crippen molar-refractivity contribution >= 4 is 21.9 Å². The third kappa shape index (κ3) is 4.27. The van der Waals surface area contributed by atoms with Gasteiger partial charge < -0.3 is 14.5 Å². The Kier molecular flexibility index (Phi) is 6.47. The van der Waals surface area contributed by atoms with Crippen LogP contribution in [-0.2, 0) is 11.3 Å². The highest BCUT2D eigenvalue weighted by atomic mass is 79.9. The zero-order valence-corrected chi connectivity index (χ0v) is 17.2. The monoisotopic (exact) mass is 422 g/mol. The molecule has 0 amide bonds. The highest BCUT2D eigenvalue weighted by Crippen LogP contribution is 2.28. The first-order chi connectivity index (χ1) is 12.3. The molecule has 0 spiro atoms. The molecule has 2 aromatic rings. The van der Waals surface area contributed by atoms with Gasteiger partial charge in [0.05, 0.1) is 20.8 Å². The maximum absolute atomic E-state index is 11.9. The van der Waals surface area contributed by atoms with Gasteiger partial charge in [0.1, 0.15) is 11.3 Å². The molecule has 26 heavy (non-hydrogen) atoms. The SMILES string of the molecule is COC(=O)c1cn(N(Cc2cc(C)c(OC)cc2Br)C(C)C)ccc1=O. The van der Waals surface area contributed by atoms with Gasteiger partial charge in [-0.25, -0.2) is 4.79 Å². The molecule has 6 nitrogen and oxygen atoms in total. The van der Waals surface area contributed by atoms with Crippen molar-refractivity contribution in [3.63, 3.8) is 0 Å². The van der Waals surface area contributed by atoms with E-state index in [1.54, 1.807) is 18.0 Å². The summed E-state index contributed by atoms with van der Waals surface area (Å²) >= 11 is 3.59. The van der Waals surface area contributed by atoms with E-state index in [0.717, 1.165) is 21.3 Å². The molecule has 0 saturated carbocycles. The second-order valence-electron chi connectivity index (χ2n) is 6.20. The number of benzene rings is 1. The number of hydrogen-bond acceptors (Lipinski definition) is 5. The van der Waals surface area contributed by atoms with E-state index in [4.69, 9.17) is 9.47 Å². The first kappa shape index (κ1) is 20.0. The van der Waals surface area contributed by atoms with Crippen LogP contribution in [0.2, 0.25) is 0 Å². The van der Waals surface area contributed by atoms with Crippen LogP contribution in [0.4, 0.5) is 0 Å². The predicted molar refractivity (Wildman–Crippen MR) is 105 cm³/mol. The van der Waals surface area contributed by atoms with Crippen molar-refractivity contribution in [3.05, 3.63) is 62.0 Å². The van der Waals surface area contributed by atoms with E-state index in [0.29, 0.717) is 6.54 Å². The Labute approximate surface area is 161 Å². The van der Waals surface area contributed by atoms with E-state index >= 15 is 0 Å². The van der Waals surface area contributed by atoms with Crippen LogP contribution in [0.1, 0.15) is 35.3 Å². The normalized spacial score (nSPS) is 10.7. The van der Waals surface area contributed by atoms with Crippen molar-refractivity contribution in [2.45, 2.75) is 33.4 Å². The van der Waals surface area contributed by atoms with E-state index in [1.165, 1.54) is 19.4 Å². The van der Waals surface area contributed by atoms with Gasteiger partial charge in [0.2, 0.25) is 0 Å². The molecule has 1 aromatic carbocycles. The lowest BCUT2D eigenvalue weighted by Crippen LogP contribution is -2.41. The Morgan fingerprint density at radius 3 is 2.58 bits per heavy atom. The molecule has 0 saturated heterocycles. The van der Waals surface area contributed by atoms with Gasteiger partial charge in [0.25, 0.3) is 0 Å². The van der Waals surface area contributed by atoms with Crippen LogP contribution in [-0.4, -0.2) is 30.9 Å². The number of hydrogen-bond donors (Lipinski definition) is 0. The number of nitrogens with zero attached hydrogens (tertiary/aromatic N) is 2. The zero-order valence-electron chi connectivity index (χ0n) is 15.6. The molecule has 7 heteroatoms. The number of halogens is 1. The van der Waals surface area contributed by atoms with Crippen LogP contribution >= 0.6 is 15.9 Å². The highest BCUT2D eigenvalue weighted by molar-refractivity contribution is 9.10. The van der Waals surface area contributed by atoms with E-state index in [2.05, 4.69) is 22.0 Å². The molecule has 0 fully saturated rings. The molecule has 140 valence electrons. The molecule has 0 aliphatic carbocycles. The summed E-state index contributed by atoms with van der Waals surface area (Å²) in [7, 11) is 2.90. The van der Waals surface area contributed by atoms with Crippen LogP contribution in [0.5, 0.6) is 5.75 Å². The Hall–Kier alpha value is -2.28. The summed E-state index contributed by atoms with van der Waals surface area (Å²) in [6.07, 6.45) is 3.16. The Morgan fingerprint density at radius 1 is 1.31 bits per heavy atom. The average molecular weight is 423 g/mol. The van der Waals surface area contributed by atoms with Crippen molar-refractivity contribution in [2.24, 2.45) is 0 Å². The van der Waals surface area contributed by atoms with Gasteiger partial charge in [0.15, 0.2) is 5.43 Å². The summed E-state index contributed by atoms with van der Waals surface area (Å²) in [5.74, 6) is 0.169. The number of carbonyl (C=O) groups is 1. The molecule has 0 aliphatic heterocycles. The van der Waals surface area contributed by atoms with Gasteiger partial charge in [-0.05, 0) is 44.0 Å². The molecule has 1 heterocycles. The minimum Gasteiger partial charge on any atom is -0.496 e. The maximum atomic E-state index is 11.9. The number of ether oxygens (including phenoxy) is 2. The predicted octanol–water partition coefficient (Wildman–Crippen LogP) is 3.26. The molecule has 0 aliphatic rings. The van der Waals surface area contributed by atoms with Crippen LogP contribution in [0.15, 0.2) is 39.9 Å². The fourth-order valence-electron chi connectivity index (χ4n) is 2.67. The first-order valence-corrected chi connectivity index (χ1v) is 8.98. The smallest absolute Gasteiger partial charge is 0.343 e. The van der Waals surface area contributed by atoms with Crippen molar-refractivity contribution < 1.29 is 14.3 Å². The average Bonchev–Trinajstić information content (AvgIpc) is 2.61. The third-order valence-corrected chi connectivity index (χ3v) is 4.84. The minimum absolute atomic E-state index is 0.00521. The van der Waals surface area contributed by atoms with E-state index in [1.807, 2.05) is 31.8 Å². The van der Waals surface area contributed by atoms with Gasteiger partial charge in [-0.15, -0.1) is 0 Å². The molecule has 0 atom stereocenters. The quantitative estimate of drug-likeness (QED) is 0.668. The zero-order chi connectivity index (χ0) is 19.4. The lowest BCUT2D eigenvalue weighted by Gasteiger charge is -2.32. The molecule has 0 radical (unpaired) electrons. The van der Waals surface area contributed by atoms with Gasteiger partial charge in [-0.2, -0.15) is 0 Å². The Bertz CT molecular complexity index is 861. The Morgan fingerprint density at radius 2 is 2.00 bits per heavy atom. The summed E-state index contributed by atoms with van der Waals surface area (Å²) in [5.41, 5.74) is 1.74. The van der Waals surface area contributed by atoms with Crippen LogP contribution < -0.4 is 15.2 Å². The van der Waals surface area contributed by atoms with E-state index < -0.39 is 5.97 Å². The van der Waals surface area contributed by atoms with Crippen molar-refractivity contribution in [3.8, 4) is 5.75 Å². The number of aryl methyl sites for hydroxylation is 1. The summed E-state index contributed by atoms with van der Waals surface area (Å²) in [6, 6.07) is 5.49. The summed E-state index contributed by atoms with van der Waals surface area (Å²) in [5, 5.41) is 2.04. The lowest BCUT2D eigenvalue weighted by molar-refractivity contribution is 0.0598. The molecular weight excluding hydrogens is 400 g/mol. The molecule has 1 aromatic heterocycles. The Balaban J connectivity index is 2.44. The summed E-state index contributed by atoms with van der Waals surface area (Å²) < 4.78 is 12.7. The number of rotatable bonds is 6. The van der Waals surface area contributed by atoms with Gasteiger partial charge in [0, 0.05) is 29.0 Å². The minimum atomic E-state index is -0.644. The maximum Gasteiger partial charge on any atom is 0.343 e. The second-order valence-corrected chi connectivity index (χ2v) is 7.05. The van der Waals surface area contributed by atoms with E-state index in [-0.39, 0.29) is 17.0 Å². The molecule has 0 unspecified atom stereocenters. The van der Waals surface area contributed by atoms with Crippen molar-refractivity contribution in [1.82, 2.24) is 4.68 Å². The van der Waals surface area contributed by atoms with Gasteiger partial charge >= 0.3 is 5.97 Å². The van der Waals surface area contributed by atoms with Crippen molar-refractivity contribution in [1.29, 1.82) is 0 Å². The largest absolute Gasteiger partial charge is 0.496 e. The first-order valence-electron chi connectivity index (χ1n) is 8.19. The fourth-order valence-corrected chi connectivity index (χ4v) is 3.11. The van der Waals surface area contributed by atoms with Crippen LogP contribution in [0, 0.1) is 6.92 Å². The third-order valence-electron chi connectivity index (χ3n) is 4.10. The fraction of sp³-hybridized carbons (Fsp3) is 0.368. The van der Waals surface area contributed by atoms with Crippen LogP contribution in [0.3, 0.4) is 0 Å². The molecular formula is C19H23BrN2O4. The number of carbonyl (C=O) groups excluding carboxylic acids is 1. The van der Waals surface area contributed by atoms with Gasteiger partial charge in [-0.1, -0.05) is 15.9 Å². The summed E-state index contributed by atoms with van der Waals surface area (Å²) in [6.45, 7) is 6.65.